The minimum Gasteiger partial charge on any atom is -0.508 e. The molecule has 156 valence electrons. The molecule has 4 aromatic rings. The molecule has 0 atom stereocenters. The lowest BCUT2D eigenvalue weighted by Gasteiger charge is -2.29. The number of fused-ring (bicyclic) bond motifs is 1. The van der Waals surface area contributed by atoms with Crippen LogP contribution in [-0.2, 0) is 0 Å². The van der Waals surface area contributed by atoms with E-state index in [-0.39, 0.29) is 18.2 Å². The zero-order chi connectivity index (χ0) is 20.5. The van der Waals surface area contributed by atoms with Crippen LogP contribution >= 0.6 is 12.4 Å². The molecule has 0 radical (unpaired) electrons. The van der Waals surface area contributed by atoms with Gasteiger partial charge in [-0.15, -0.1) is 12.4 Å². The Morgan fingerprint density at radius 3 is 2.55 bits per heavy atom. The van der Waals surface area contributed by atoms with Gasteiger partial charge < -0.3 is 15.3 Å². The van der Waals surface area contributed by atoms with Crippen molar-refractivity contribution < 1.29 is 5.11 Å². The van der Waals surface area contributed by atoms with E-state index < -0.39 is 0 Å². The smallest absolute Gasteiger partial charge is 0.156 e. The van der Waals surface area contributed by atoms with Gasteiger partial charge in [-0.25, -0.2) is 4.98 Å². The Bertz CT molecular complexity index is 1260. The van der Waals surface area contributed by atoms with Gasteiger partial charge in [0, 0.05) is 48.4 Å². The van der Waals surface area contributed by atoms with E-state index in [1.807, 2.05) is 12.1 Å². The Hall–Kier alpha value is -3.60. The zero-order valence-corrected chi connectivity index (χ0v) is 17.5. The molecule has 3 heterocycles. The first kappa shape index (κ1) is 20.7. The molecule has 1 fully saturated rings. The van der Waals surface area contributed by atoms with E-state index in [2.05, 4.69) is 43.6 Å². The first-order chi connectivity index (χ1) is 14.7. The van der Waals surface area contributed by atoms with Crippen LogP contribution in [0.25, 0.3) is 33.4 Å². The van der Waals surface area contributed by atoms with Crippen molar-refractivity contribution in [2.75, 3.05) is 31.1 Å². The van der Waals surface area contributed by atoms with Gasteiger partial charge in [0.1, 0.15) is 11.8 Å². The predicted molar refractivity (Wildman–Crippen MR) is 123 cm³/mol. The van der Waals surface area contributed by atoms with Crippen molar-refractivity contribution in [3.8, 4) is 34.2 Å². The van der Waals surface area contributed by atoms with Gasteiger partial charge in [-0.3, -0.25) is 5.10 Å². The van der Waals surface area contributed by atoms with Crippen LogP contribution in [-0.4, -0.2) is 46.5 Å². The Labute approximate surface area is 185 Å². The number of nitrogens with zero attached hydrogens (tertiary/aromatic N) is 4. The van der Waals surface area contributed by atoms with E-state index in [1.165, 1.54) is 0 Å². The minimum atomic E-state index is 0. The number of aromatic hydroxyl groups is 1. The molecule has 2 aromatic heterocycles. The van der Waals surface area contributed by atoms with E-state index in [4.69, 9.17) is 0 Å². The van der Waals surface area contributed by atoms with Crippen LogP contribution in [0.5, 0.6) is 5.75 Å². The average molecular weight is 433 g/mol. The van der Waals surface area contributed by atoms with Crippen LogP contribution in [0.2, 0.25) is 0 Å². The van der Waals surface area contributed by atoms with Crippen LogP contribution in [0.4, 0.5) is 5.69 Å². The lowest BCUT2D eigenvalue weighted by atomic mass is 9.94. The maximum Gasteiger partial charge on any atom is 0.156 e. The Morgan fingerprint density at radius 2 is 1.81 bits per heavy atom. The number of benzene rings is 2. The summed E-state index contributed by atoms with van der Waals surface area (Å²) < 4.78 is 0. The Balaban J connectivity index is 0.00000231. The summed E-state index contributed by atoms with van der Waals surface area (Å²) in [7, 11) is 0. The van der Waals surface area contributed by atoms with Crippen molar-refractivity contribution in [2.24, 2.45) is 0 Å². The van der Waals surface area contributed by atoms with Crippen molar-refractivity contribution in [2.45, 2.75) is 0 Å². The molecule has 3 N–H and O–H groups in total. The first-order valence-corrected chi connectivity index (χ1v) is 9.87. The Kier molecular flexibility index (Phi) is 5.76. The number of hydrogen-bond acceptors (Lipinski definition) is 6. The number of aromatic amines is 1. The molecule has 0 bridgehead atoms. The molecule has 1 aliphatic rings. The molecular weight excluding hydrogens is 412 g/mol. The average Bonchev–Trinajstić information content (AvgIpc) is 3.27. The SMILES string of the molecule is Cl.N#Cc1c(-c2ccc(O)cc2)nc2[nH]ncc2c1-c1cccc(N2CCNCC2)c1. The van der Waals surface area contributed by atoms with Crippen LogP contribution < -0.4 is 10.2 Å². The maximum atomic E-state index is 10.1. The molecule has 0 saturated carbocycles. The summed E-state index contributed by atoms with van der Waals surface area (Å²) >= 11 is 0. The molecule has 31 heavy (non-hydrogen) atoms. The third-order valence-electron chi connectivity index (χ3n) is 5.47. The molecular formula is C23H21ClN6O. The second-order valence-electron chi connectivity index (χ2n) is 7.29. The third kappa shape index (κ3) is 3.79. The van der Waals surface area contributed by atoms with Crippen molar-refractivity contribution >= 4 is 29.1 Å². The highest BCUT2D eigenvalue weighted by molar-refractivity contribution is 5.99. The standard InChI is InChI=1S/C23H20N6O.ClH/c24-13-19-21(16-2-1-3-17(12-16)29-10-8-25-9-11-29)20-14-26-28-23(20)27-22(19)15-4-6-18(30)7-5-15;/h1-7,12,14,25,30H,8-11H2,(H,26,27,28);1H. The van der Waals surface area contributed by atoms with Crippen molar-refractivity contribution in [1.82, 2.24) is 20.5 Å². The van der Waals surface area contributed by atoms with E-state index in [0.29, 0.717) is 16.9 Å². The number of aromatic nitrogens is 3. The number of piperazine rings is 1. The lowest BCUT2D eigenvalue weighted by Crippen LogP contribution is -2.43. The number of anilines is 1. The molecule has 0 aliphatic carbocycles. The van der Waals surface area contributed by atoms with Crippen molar-refractivity contribution in [1.29, 1.82) is 5.26 Å². The number of nitrogens with one attached hydrogen (secondary N) is 2. The van der Waals surface area contributed by atoms with Gasteiger partial charge in [0.25, 0.3) is 0 Å². The summed E-state index contributed by atoms with van der Waals surface area (Å²) in [6, 6.07) is 17.4. The number of hydrogen-bond donors (Lipinski definition) is 3. The van der Waals surface area contributed by atoms with Gasteiger partial charge >= 0.3 is 0 Å². The summed E-state index contributed by atoms with van der Waals surface area (Å²) in [5, 5.41) is 31.0. The van der Waals surface area contributed by atoms with Gasteiger partial charge in [-0.1, -0.05) is 12.1 Å². The van der Waals surface area contributed by atoms with Crippen LogP contribution in [0, 0.1) is 11.3 Å². The monoisotopic (exact) mass is 432 g/mol. The molecule has 8 heteroatoms. The molecule has 7 nitrogen and oxygen atoms in total. The van der Waals surface area contributed by atoms with Gasteiger partial charge in [0.05, 0.1) is 17.5 Å². The van der Waals surface area contributed by atoms with Crippen LogP contribution in [0.3, 0.4) is 0 Å². The van der Waals surface area contributed by atoms with Gasteiger partial charge in [-0.05, 0) is 42.0 Å². The molecule has 0 spiro atoms. The fourth-order valence-corrected chi connectivity index (χ4v) is 3.99. The summed E-state index contributed by atoms with van der Waals surface area (Å²) in [5.41, 5.74) is 5.36. The molecule has 0 amide bonds. The number of rotatable bonds is 3. The number of pyridine rings is 1. The fourth-order valence-electron chi connectivity index (χ4n) is 3.99. The van der Waals surface area contributed by atoms with Gasteiger partial charge in [0.2, 0.25) is 0 Å². The fraction of sp³-hybridized carbons (Fsp3) is 0.174. The normalized spacial score (nSPS) is 13.6. The van der Waals surface area contributed by atoms with E-state index in [0.717, 1.165) is 53.9 Å². The second kappa shape index (κ2) is 8.64. The third-order valence-corrected chi connectivity index (χ3v) is 5.47. The van der Waals surface area contributed by atoms with Crippen molar-refractivity contribution in [3.05, 3.63) is 60.3 Å². The predicted octanol–water partition coefficient (Wildman–Crippen LogP) is 3.70. The van der Waals surface area contributed by atoms with E-state index in [9.17, 15) is 10.4 Å². The summed E-state index contributed by atoms with van der Waals surface area (Å²) in [6.45, 7) is 3.81. The highest BCUT2D eigenvalue weighted by Gasteiger charge is 2.20. The summed E-state index contributed by atoms with van der Waals surface area (Å²) in [4.78, 5) is 7.01. The second-order valence-corrected chi connectivity index (χ2v) is 7.29. The highest BCUT2D eigenvalue weighted by Crippen LogP contribution is 2.37. The quantitative estimate of drug-likeness (QED) is 0.456. The molecule has 1 aliphatic heterocycles. The zero-order valence-electron chi connectivity index (χ0n) is 16.7. The number of phenolic OH excluding ortho intramolecular Hbond substituents is 1. The van der Waals surface area contributed by atoms with E-state index >= 15 is 0 Å². The van der Waals surface area contributed by atoms with Crippen LogP contribution in [0.1, 0.15) is 5.56 Å². The molecule has 1 saturated heterocycles. The molecule has 0 unspecified atom stereocenters. The van der Waals surface area contributed by atoms with Gasteiger partial charge in [-0.2, -0.15) is 10.4 Å². The topological polar surface area (TPSA) is 101 Å². The van der Waals surface area contributed by atoms with Crippen LogP contribution in [0.15, 0.2) is 54.7 Å². The number of H-pyrrole nitrogens is 1. The highest BCUT2D eigenvalue weighted by atomic mass is 35.5. The number of halogens is 1. The van der Waals surface area contributed by atoms with E-state index in [1.54, 1.807) is 30.5 Å². The number of phenols is 1. The number of nitriles is 1. The summed E-state index contributed by atoms with van der Waals surface area (Å²) in [5.74, 6) is 0.170. The Morgan fingerprint density at radius 1 is 1.03 bits per heavy atom. The van der Waals surface area contributed by atoms with Gasteiger partial charge in [0.15, 0.2) is 5.65 Å². The largest absolute Gasteiger partial charge is 0.508 e. The molecule has 2 aromatic carbocycles. The maximum absolute atomic E-state index is 10.1. The lowest BCUT2D eigenvalue weighted by molar-refractivity contribution is 0.475. The minimum absolute atomic E-state index is 0. The van der Waals surface area contributed by atoms with Crippen molar-refractivity contribution in [3.63, 3.8) is 0 Å². The summed E-state index contributed by atoms with van der Waals surface area (Å²) in [6.07, 6.45) is 1.72. The first-order valence-electron chi connectivity index (χ1n) is 9.87. The molecule has 5 rings (SSSR count).